The van der Waals surface area contributed by atoms with Gasteiger partial charge in [0.15, 0.2) is 6.17 Å². The second kappa shape index (κ2) is 7.99. The van der Waals surface area contributed by atoms with Crippen molar-refractivity contribution >= 4 is 28.4 Å². The lowest BCUT2D eigenvalue weighted by molar-refractivity contribution is -0.141. The average molecular weight is 449 g/mol. The molecule has 0 saturated heterocycles. The first-order valence-electron chi connectivity index (χ1n) is 11.0. The van der Waals surface area contributed by atoms with E-state index >= 15 is 0 Å². The molecule has 2 N–H and O–H groups in total. The van der Waals surface area contributed by atoms with Crippen LogP contribution in [0, 0.1) is 11.8 Å². The summed E-state index contributed by atoms with van der Waals surface area (Å²) in [4.78, 5) is 22.0. The van der Waals surface area contributed by atoms with Gasteiger partial charge in [-0.15, -0.1) is 5.06 Å². The number of alkyl halides is 3. The molecule has 1 atom stereocenters. The van der Waals surface area contributed by atoms with Crippen LogP contribution in [0.2, 0.25) is 0 Å². The maximum atomic E-state index is 13.5. The highest BCUT2D eigenvalue weighted by Crippen LogP contribution is 2.37. The molecule has 2 heterocycles. The van der Waals surface area contributed by atoms with Crippen LogP contribution in [-0.2, 0) is 16.2 Å². The number of carbonyl (C=O) groups is 1. The van der Waals surface area contributed by atoms with Gasteiger partial charge in [-0.25, -0.2) is 4.99 Å². The van der Waals surface area contributed by atoms with Gasteiger partial charge in [-0.05, 0) is 49.8 Å². The molecule has 7 nitrogen and oxygen atoms in total. The minimum absolute atomic E-state index is 0.0417. The molecule has 1 amide bonds. The van der Waals surface area contributed by atoms with Crippen molar-refractivity contribution in [3.63, 3.8) is 0 Å². The van der Waals surface area contributed by atoms with E-state index in [1.807, 2.05) is 6.07 Å². The van der Waals surface area contributed by atoms with Crippen molar-refractivity contribution in [2.45, 2.75) is 44.6 Å². The summed E-state index contributed by atoms with van der Waals surface area (Å²) in [6.45, 7) is -0.191. The van der Waals surface area contributed by atoms with Gasteiger partial charge in [0, 0.05) is 30.6 Å². The number of hydroxylamine groups is 2. The van der Waals surface area contributed by atoms with Crippen LogP contribution in [0.5, 0.6) is 0 Å². The van der Waals surface area contributed by atoms with Gasteiger partial charge in [0.1, 0.15) is 6.54 Å². The number of halogens is 3. The van der Waals surface area contributed by atoms with E-state index in [0.717, 1.165) is 30.5 Å². The van der Waals surface area contributed by atoms with E-state index in [9.17, 15) is 18.0 Å². The molecule has 2 saturated carbocycles. The molecular weight excluding hydrogens is 423 g/mol. The Kier molecular flexibility index (Phi) is 5.27. The molecule has 1 aromatic carbocycles. The third-order valence-corrected chi connectivity index (χ3v) is 6.08. The van der Waals surface area contributed by atoms with E-state index in [1.54, 1.807) is 25.2 Å². The number of aliphatic imine (C=N–C) groups is 1. The van der Waals surface area contributed by atoms with E-state index in [2.05, 4.69) is 15.6 Å². The van der Waals surface area contributed by atoms with Crippen molar-refractivity contribution < 1.29 is 22.8 Å². The Morgan fingerprint density at radius 1 is 1.25 bits per heavy atom. The molecule has 2 aromatic rings. The first-order valence-corrected chi connectivity index (χ1v) is 11.0. The van der Waals surface area contributed by atoms with Crippen molar-refractivity contribution in [1.82, 2.24) is 14.9 Å². The summed E-state index contributed by atoms with van der Waals surface area (Å²) in [7, 11) is 1.63. The molecule has 1 aromatic heterocycles. The number of hydrogen-bond acceptors (Lipinski definition) is 5. The second-order valence-corrected chi connectivity index (χ2v) is 8.86. The summed E-state index contributed by atoms with van der Waals surface area (Å²) in [6, 6.07) is 7.12. The predicted octanol–water partition coefficient (Wildman–Crippen LogP) is 3.83. The number of nitrogens with one attached hydrogen (secondary N) is 2. The summed E-state index contributed by atoms with van der Waals surface area (Å²) < 4.78 is 41.7. The first kappa shape index (κ1) is 21.1. The predicted molar refractivity (Wildman–Crippen MR) is 114 cm³/mol. The molecule has 2 aliphatic carbocycles. The largest absolute Gasteiger partial charge is 0.406 e. The van der Waals surface area contributed by atoms with Crippen LogP contribution in [0.15, 0.2) is 29.3 Å². The number of fused-ring (bicyclic) bond motifs is 1. The van der Waals surface area contributed by atoms with Gasteiger partial charge in [-0.1, -0.05) is 6.07 Å². The zero-order valence-electron chi connectivity index (χ0n) is 17.8. The van der Waals surface area contributed by atoms with Gasteiger partial charge < -0.3 is 20.0 Å². The number of aromatic nitrogens is 1. The second-order valence-electron chi connectivity index (χ2n) is 8.86. The van der Waals surface area contributed by atoms with Gasteiger partial charge in [-0.2, -0.15) is 13.2 Å². The standard InChI is InChI=1S/C22H26F3N5O2/c1-29-20(28-19(32-29)11-27-21(31)14-7-8-14)18-9-15-16(26-10-13-5-6-13)3-2-4-17(15)30(18)12-22(23,24)25/h2-4,9,13-14,20,26H,5-8,10-12H2,1H3,(H,27,31). The first-order chi connectivity index (χ1) is 15.3. The number of nitrogens with zero attached hydrogens (tertiary/aromatic N) is 3. The van der Waals surface area contributed by atoms with Crippen LogP contribution in [0.3, 0.4) is 0 Å². The Hall–Kier alpha value is -2.75. The Morgan fingerprint density at radius 3 is 2.72 bits per heavy atom. The maximum absolute atomic E-state index is 13.5. The minimum atomic E-state index is -4.39. The van der Waals surface area contributed by atoms with Gasteiger partial charge in [0.25, 0.3) is 0 Å². The highest BCUT2D eigenvalue weighted by atomic mass is 19.4. The van der Waals surface area contributed by atoms with Crippen molar-refractivity contribution in [2.24, 2.45) is 16.8 Å². The Balaban J connectivity index is 1.46. The minimum Gasteiger partial charge on any atom is -0.386 e. The lowest BCUT2D eigenvalue weighted by Gasteiger charge is -2.19. The normalized spacial score (nSPS) is 21.5. The van der Waals surface area contributed by atoms with Gasteiger partial charge in [0.2, 0.25) is 11.8 Å². The number of benzene rings is 1. The van der Waals surface area contributed by atoms with Crippen LogP contribution < -0.4 is 10.6 Å². The smallest absolute Gasteiger partial charge is 0.386 e. The summed E-state index contributed by atoms with van der Waals surface area (Å²) in [5.41, 5.74) is 1.71. The van der Waals surface area contributed by atoms with E-state index in [4.69, 9.17) is 4.84 Å². The summed E-state index contributed by atoms with van der Waals surface area (Å²) >= 11 is 0. The highest BCUT2D eigenvalue weighted by Gasteiger charge is 2.36. The summed E-state index contributed by atoms with van der Waals surface area (Å²) in [6.07, 6.45) is -0.994. The van der Waals surface area contributed by atoms with Crippen LogP contribution in [-0.4, -0.2) is 47.7 Å². The van der Waals surface area contributed by atoms with E-state index < -0.39 is 18.9 Å². The lowest BCUT2D eigenvalue weighted by Crippen LogP contribution is -2.32. The quantitative estimate of drug-likeness (QED) is 0.643. The van der Waals surface area contributed by atoms with Gasteiger partial charge in [-0.3, -0.25) is 4.79 Å². The van der Waals surface area contributed by atoms with Gasteiger partial charge >= 0.3 is 6.18 Å². The van der Waals surface area contributed by atoms with Crippen LogP contribution in [0.4, 0.5) is 18.9 Å². The number of carbonyl (C=O) groups excluding carboxylic acids is 1. The van der Waals surface area contributed by atoms with Crippen LogP contribution in [0.1, 0.15) is 37.5 Å². The lowest BCUT2D eigenvalue weighted by atomic mass is 10.2. The van der Waals surface area contributed by atoms with E-state index in [1.165, 1.54) is 22.5 Å². The van der Waals surface area contributed by atoms with Crippen LogP contribution >= 0.6 is 0 Å². The molecule has 172 valence electrons. The van der Waals surface area contributed by atoms with Crippen molar-refractivity contribution in [3.05, 3.63) is 30.0 Å². The summed E-state index contributed by atoms with van der Waals surface area (Å²) in [5.74, 6) is 0.929. The van der Waals surface area contributed by atoms with E-state index in [-0.39, 0.29) is 24.3 Å². The van der Waals surface area contributed by atoms with Crippen molar-refractivity contribution in [3.8, 4) is 0 Å². The molecule has 0 bridgehead atoms. The fraction of sp³-hybridized carbons (Fsp3) is 0.545. The monoisotopic (exact) mass is 449 g/mol. The fourth-order valence-corrected chi connectivity index (χ4v) is 4.05. The number of anilines is 1. The molecule has 2 fully saturated rings. The zero-order valence-corrected chi connectivity index (χ0v) is 17.8. The topological polar surface area (TPSA) is 70.9 Å². The van der Waals surface area contributed by atoms with E-state index in [0.29, 0.717) is 17.1 Å². The maximum Gasteiger partial charge on any atom is 0.406 e. The van der Waals surface area contributed by atoms with Gasteiger partial charge in [0.05, 0.1) is 17.8 Å². The Bertz CT molecular complexity index is 1060. The molecular formula is C22H26F3N5O2. The van der Waals surface area contributed by atoms with Crippen molar-refractivity contribution in [1.29, 1.82) is 0 Å². The molecule has 32 heavy (non-hydrogen) atoms. The number of amides is 1. The molecule has 0 spiro atoms. The Labute approximate surface area is 183 Å². The average Bonchev–Trinajstić information content (AvgIpc) is 3.65. The SMILES string of the molecule is CN1OC(CNC(=O)C2CC2)=NC1c1cc2c(NCC3CC3)cccc2n1CC(F)(F)F. The summed E-state index contributed by atoms with van der Waals surface area (Å²) in [5, 5.41) is 8.33. The Morgan fingerprint density at radius 2 is 2.03 bits per heavy atom. The zero-order chi connectivity index (χ0) is 22.5. The molecule has 3 aliphatic rings. The third kappa shape index (κ3) is 4.55. The fourth-order valence-electron chi connectivity index (χ4n) is 4.05. The molecule has 5 rings (SSSR count). The number of hydrogen-bond donors (Lipinski definition) is 2. The molecule has 0 radical (unpaired) electrons. The van der Waals surface area contributed by atoms with Crippen LogP contribution in [0.25, 0.3) is 10.9 Å². The number of rotatable bonds is 8. The molecule has 1 aliphatic heterocycles. The van der Waals surface area contributed by atoms with Crippen molar-refractivity contribution in [2.75, 3.05) is 25.5 Å². The highest BCUT2D eigenvalue weighted by molar-refractivity contribution is 5.94. The molecule has 10 heteroatoms. The molecule has 1 unspecified atom stereocenters. The third-order valence-electron chi connectivity index (χ3n) is 6.08.